The monoisotopic (exact) mass is 392 g/mol. The quantitative estimate of drug-likeness (QED) is 0.682. The SMILES string of the molecule is O=C(NCc1nnc(S(=O)(=O)Cc2ccccc2Cl)o1)c1ccccn1. The van der Waals surface area contributed by atoms with Gasteiger partial charge in [0.15, 0.2) is 0 Å². The van der Waals surface area contributed by atoms with Crippen LogP contribution in [0.5, 0.6) is 0 Å². The minimum atomic E-state index is -3.86. The van der Waals surface area contributed by atoms with Crippen molar-refractivity contribution in [3.63, 3.8) is 0 Å². The first kappa shape index (κ1) is 18.0. The van der Waals surface area contributed by atoms with Gasteiger partial charge in [0.2, 0.25) is 15.7 Å². The lowest BCUT2D eigenvalue weighted by molar-refractivity contribution is 0.0941. The van der Waals surface area contributed by atoms with Crippen LogP contribution in [0.1, 0.15) is 21.9 Å². The van der Waals surface area contributed by atoms with Gasteiger partial charge in [-0.1, -0.05) is 41.0 Å². The lowest BCUT2D eigenvalue weighted by Gasteiger charge is -2.02. The van der Waals surface area contributed by atoms with Gasteiger partial charge in [0.25, 0.3) is 5.91 Å². The van der Waals surface area contributed by atoms with Crippen LogP contribution < -0.4 is 5.32 Å². The van der Waals surface area contributed by atoms with E-state index in [-0.39, 0.29) is 23.9 Å². The first-order chi connectivity index (χ1) is 12.5. The maximum atomic E-state index is 12.4. The Morgan fingerprint density at radius 1 is 1.12 bits per heavy atom. The van der Waals surface area contributed by atoms with E-state index in [1.54, 1.807) is 42.5 Å². The van der Waals surface area contributed by atoms with E-state index in [1.165, 1.54) is 6.20 Å². The zero-order chi connectivity index (χ0) is 18.6. The molecule has 0 bridgehead atoms. The van der Waals surface area contributed by atoms with Crippen molar-refractivity contribution in [2.24, 2.45) is 0 Å². The van der Waals surface area contributed by atoms with Crippen molar-refractivity contribution in [1.82, 2.24) is 20.5 Å². The summed E-state index contributed by atoms with van der Waals surface area (Å²) >= 11 is 5.98. The minimum Gasteiger partial charge on any atom is -0.411 e. The van der Waals surface area contributed by atoms with Gasteiger partial charge in [-0.2, -0.15) is 0 Å². The predicted octanol–water partition coefficient (Wildman–Crippen LogP) is 2.02. The van der Waals surface area contributed by atoms with Crippen LogP contribution in [-0.4, -0.2) is 29.5 Å². The number of sulfone groups is 1. The molecule has 0 radical (unpaired) electrons. The molecule has 1 aromatic carbocycles. The Kier molecular flexibility index (Phi) is 5.29. The van der Waals surface area contributed by atoms with Crippen LogP contribution in [0.4, 0.5) is 0 Å². The topological polar surface area (TPSA) is 115 Å². The van der Waals surface area contributed by atoms with Crippen molar-refractivity contribution in [3.8, 4) is 0 Å². The molecule has 3 aromatic rings. The fourth-order valence-electron chi connectivity index (χ4n) is 2.06. The van der Waals surface area contributed by atoms with Crippen molar-refractivity contribution >= 4 is 27.3 Å². The van der Waals surface area contributed by atoms with Crippen LogP contribution in [0.2, 0.25) is 5.02 Å². The Morgan fingerprint density at radius 2 is 1.88 bits per heavy atom. The number of halogens is 1. The zero-order valence-corrected chi connectivity index (χ0v) is 14.9. The van der Waals surface area contributed by atoms with E-state index < -0.39 is 21.0 Å². The highest BCUT2D eigenvalue weighted by atomic mass is 35.5. The van der Waals surface area contributed by atoms with E-state index in [0.29, 0.717) is 10.6 Å². The molecule has 2 heterocycles. The molecule has 10 heteroatoms. The number of rotatable bonds is 6. The summed E-state index contributed by atoms with van der Waals surface area (Å²) in [6.45, 7) is -0.121. The normalized spacial score (nSPS) is 11.3. The van der Waals surface area contributed by atoms with E-state index in [9.17, 15) is 13.2 Å². The maximum absolute atomic E-state index is 12.4. The van der Waals surface area contributed by atoms with Gasteiger partial charge >= 0.3 is 5.22 Å². The molecule has 0 spiro atoms. The van der Waals surface area contributed by atoms with Gasteiger partial charge in [0, 0.05) is 11.2 Å². The summed E-state index contributed by atoms with van der Waals surface area (Å²) in [6.07, 6.45) is 1.49. The molecular weight excluding hydrogens is 380 g/mol. The molecule has 8 nitrogen and oxygen atoms in total. The number of hydrogen-bond donors (Lipinski definition) is 1. The fourth-order valence-corrected chi connectivity index (χ4v) is 3.52. The molecule has 3 rings (SSSR count). The van der Waals surface area contributed by atoms with Gasteiger partial charge in [-0.25, -0.2) is 8.42 Å². The lowest BCUT2D eigenvalue weighted by atomic mass is 10.2. The summed E-state index contributed by atoms with van der Waals surface area (Å²) in [5.41, 5.74) is 0.649. The number of carbonyl (C=O) groups is 1. The number of carbonyl (C=O) groups excluding carboxylic acids is 1. The molecule has 0 aliphatic carbocycles. The van der Waals surface area contributed by atoms with Crippen molar-refractivity contribution in [1.29, 1.82) is 0 Å². The number of hydrogen-bond acceptors (Lipinski definition) is 7. The Morgan fingerprint density at radius 3 is 2.62 bits per heavy atom. The highest BCUT2D eigenvalue weighted by molar-refractivity contribution is 7.90. The second-order valence-corrected chi connectivity index (χ2v) is 7.48. The van der Waals surface area contributed by atoms with Crippen LogP contribution in [0.3, 0.4) is 0 Å². The molecule has 0 atom stereocenters. The summed E-state index contributed by atoms with van der Waals surface area (Å²) in [4.78, 5) is 15.8. The highest BCUT2D eigenvalue weighted by Crippen LogP contribution is 2.21. The fraction of sp³-hybridized carbons (Fsp3) is 0.125. The summed E-state index contributed by atoms with van der Waals surface area (Å²) in [6, 6.07) is 11.5. The summed E-state index contributed by atoms with van der Waals surface area (Å²) in [5, 5.41) is 9.53. The average molecular weight is 393 g/mol. The zero-order valence-electron chi connectivity index (χ0n) is 13.3. The molecule has 134 valence electrons. The third-order valence-corrected chi connectivity index (χ3v) is 5.07. The minimum absolute atomic E-state index is 0.0352. The molecule has 0 saturated carbocycles. The first-order valence-corrected chi connectivity index (χ1v) is 9.46. The molecule has 0 fully saturated rings. The number of amides is 1. The van der Waals surface area contributed by atoms with E-state index >= 15 is 0 Å². The molecule has 0 saturated heterocycles. The standard InChI is InChI=1S/C16H13ClN4O4S/c17-12-6-2-1-5-11(12)10-26(23,24)16-21-20-14(25-16)9-19-15(22)13-7-3-4-8-18-13/h1-8H,9-10H2,(H,19,22). The summed E-state index contributed by atoms with van der Waals surface area (Å²) in [5.74, 6) is -0.842. The van der Waals surface area contributed by atoms with Crippen molar-refractivity contribution in [3.05, 3.63) is 70.8 Å². The van der Waals surface area contributed by atoms with E-state index in [0.717, 1.165) is 0 Å². The second-order valence-electron chi connectivity index (χ2n) is 5.21. The Bertz CT molecular complexity index is 1020. The number of aromatic nitrogens is 3. The molecule has 26 heavy (non-hydrogen) atoms. The van der Waals surface area contributed by atoms with Crippen LogP contribution in [0, 0.1) is 0 Å². The Hall–Kier alpha value is -2.78. The molecule has 0 aliphatic rings. The van der Waals surface area contributed by atoms with Crippen LogP contribution in [-0.2, 0) is 22.1 Å². The Balaban J connectivity index is 1.67. The van der Waals surface area contributed by atoms with Crippen LogP contribution in [0.15, 0.2) is 58.3 Å². The number of pyridine rings is 1. The van der Waals surface area contributed by atoms with Crippen LogP contribution >= 0.6 is 11.6 Å². The van der Waals surface area contributed by atoms with Crippen LogP contribution in [0.25, 0.3) is 0 Å². The molecule has 0 unspecified atom stereocenters. The van der Waals surface area contributed by atoms with Gasteiger partial charge in [-0.3, -0.25) is 9.78 Å². The van der Waals surface area contributed by atoms with Crippen molar-refractivity contribution < 1.29 is 17.6 Å². The molecule has 1 N–H and O–H groups in total. The molecule has 0 aliphatic heterocycles. The van der Waals surface area contributed by atoms with Gasteiger partial charge in [0.1, 0.15) is 5.69 Å². The maximum Gasteiger partial charge on any atom is 0.335 e. The predicted molar refractivity (Wildman–Crippen MR) is 92.0 cm³/mol. The number of nitrogens with one attached hydrogen (secondary N) is 1. The third kappa shape index (κ3) is 4.24. The first-order valence-electron chi connectivity index (χ1n) is 7.43. The van der Waals surface area contributed by atoms with Gasteiger partial charge in [-0.15, -0.1) is 5.10 Å². The summed E-state index contributed by atoms with van der Waals surface area (Å²) in [7, 11) is -3.86. The molecule has 1 amide bonds. The number of nitrogens with zero attached hydrogens (tertiary/aromatic N) is 3. The van der Waals surface area contributed by atoms with E-state index in [4.69, 9.17) is 16.0 Å². The molecular formula is C16H13ClN4O4S. The third-order valence-electron chi connectivity index (χ3n) is 3.32. The van der Waals surface area contributed by atoms with E-state index in [1.807, 2.05) is 0 Å². The smallest absolute Gasteiger partial charge is 0.335 e. The van der Waals surface area contributed by atoms with Gasteiger partial charge in [-0.05, 0) is 23.8 Å². The summed E-state index contributed by atoms with van der Waals surface area (Å²) < 4.78 is 29.9. The van der Waals surface area contributed by atoms with E-state index in [2.05, 4.69) is 20.5 Å². The Labute approximate surface area is 154 Å². The van der Waals surface area contributed by atoms with Gasteiger partial charge < -0.3 is 9.73 Å². The average Bonchev–Trinajstić information content (AvgIpc) is 3.12. The second kappa shape index (κ2) is 7.63. The largest absolute Gasteiger partial charge is 0.411 e. The lowest BCUT2D eigenvalue weighted by Crippen LogP contribution is -2.23. The van der Waals surface area contributed by atoms with Gasteiger partial charge in [0.05, 0.1) is 12.3 Å². The number of benzene rings is 1. The molecule has 2 aromatic heterocycles. The van der Waals surface area contributed by atoms with Crippen molar-refractivity contribution in [2.75, 3.05) is 0 Å². The highest BCUT2D eigenvalue weighted by Gasteiger charge is 2.24. The van der Waals surface area contributed by atoms with Crippen molar-refractivity contribution in [2.45, 2.75) is 17.5 Å².